The molecule has 0 aliphatic heterocycles. The molecule has 0 aliphatic carbocycles. The van der Waals surface area contributed by atoms with Crippen molar-refractivity contribution in [1.29, 1.82) is 0 Å². The Morgan fingerprint density at radius 1 is 1.20 bits per heavy atom. The highest BCUT2D eigenvalue weighted by Crippen LogP contribution is 2.28. The molecule has 0 bridgehead atoms. The van der Waals surface area contributed by atoms with Gasteiger partial charge in [0.15, 0.2) is 11.5 Å². The van der Waals surface area contributed by atoms with Gasteiger partial charge in [0.05, 0.1) is 13.3 Å². The van der Waals surface area contributed by atoms with Crippen LogP contribution >= 0.6 is 0 Å². The number of aromatic nitrogens is 3. The Labute approximate surface area is 145 Å². The van der Waals surface area contributed by atoms with Crippen LogP contribution in [0.25, 0.3) is 11.3 Å². The van der Waals surface area contributed by atoms with Gasteiger partial charge in [-0.05, 0) is 29.8 Å². The summed E-state index contributed by atoms with van der Waals surface area (Å²) in [6.45, 7) is 1.95. The number of nitrogens with zero attached hydrogens (tertiary/aromatic N) is 2. The van der Waals surface area contributed by atoms with Gasteiger partial charge >= 0.3 is 5.97 Å². The van der Waals surface area contributed by atoms with Gasteiger partial charge < -0.3 is 14.8 Å². The zero-order valence-electron chi connectivity index (χ0n) is 13.9. The van der Waals surface area contributed by atoms with Crippen LogP contribution in [0.1, 0.15) is 12.5 Å². The van der Waals surface area contributed by atoms with Crippen molar-refractivity contribution >= 4 is 11.7 Å². The molecule has 0 saturated carbocycles. The van der Waals surface area contributed by atoms with Crippen molar-refractivity contribution in [2.24, 2.45) is 0 Å². The van der Waals surface area contributed by atoms with E-state index in [-0.39, 0.29) is 5.97 Å². The van der Waals surface area contributed by atoms with Gasteiger partial charge in [0.1, 0.15) is 5.69 Å². The second-order valence-corrected chi connectivity index (χ2v) is 5.37. The van der Waals surface area contributed by atoms with Crippen molar-refractivity contribution in [2.45, 2.75) is 13.5 Å². The second-order valence-electron chi connectivity index (χ2n) is 5.37. The number of anilines is 1. The zero-order chi connectivity index (χ0) is 17.6. The number of ether oxygens (including phenoxy) is 2. The van der Waals surface area contributed by atoms with E-state index in [1.165, 1.54) is 6.92 Å². The standard InChI is InChI=1S/C18H18N4O3/c1-12(23)25-17-7-6-13(8-18(17)24-2)10-19-15-5-3-4-14(9-15)16-11-20-22-21-16/h3-9,11,19H,10H2,1-2H3,(H,20,21,22). The van der Waals surface area contributed by atoms with Crippen LogP contribution in [0.2, 0.25) is 0 Å². The average Bonchev–Trinajstić information content (AvgIpc) is 3.15. The van der Waals surface area contributed by atoms with E-state index in [0.29, 0.717) is 18.0 Å². The summed E-state index contributed by atoms with van der Waals surface area (Å²) in [5.41, 5.74) is 3.72. The minimum absolute atomic E-state index is 0.381. The van der Waals surface area contributed by atoms with Gasteiger partial charge in [0.25, 0.3) is 0 Å². The van der Waals surface area contributed by atoms with Crippen molar-refractivity contribution in [3.05, 3.63) is 54.2 Å². The predicted octanol–water partition coefficient (Wildman–Crippen LogP) is 3.02. The Balaban J connectivity index is 1.71. The van der Waals surface area contributed by atoms with Crippen molar-refractivity contribution in [2.75, 3.05) is 12.4 Å². The first kappa shape index (κ1) is 16.5. The lowest BCUT2D eigenvalue weighted by molar-refractivity contribution is -0.132. The lowest BCUT2D eigenvalue weighted by Gasteiger charge is -2.11. The van der Waals surface area contributed by atoms with Crippen LogP contribution in [0, 0.1) is 0 Å². The molecule has 7 nitrogen and oxygen atoms in total. The van der Waals surface area contributed by atoms with Gasteiger partial charge in [-0.2, -0.15) is 15.4 Å². The molecule has 1 aromatic heterocycles. The van der Waals surface area contributed by atoms with Crippen LogP contribution in [0.4, 0.5) is 5.69 Å². The highest BCUT2D eigenvalue weighted by molar-refractivity contribution is 5.70. The molecule has 25 heavy (non-hydrogen) atoms. The number of esters is 1. The lowest BCUT2D eigenvalue weighted by atomic mass is 10.1. The van der Waals surface area contributed by atoms with Crippen LogP contribution in [-0.4, -0.2) is 28.5 Å². The molecule has 0 radical (unpaired) electrons. The van der Waals surface area contributed by atoms with Crippen molar-refractivity contribution < 1.29 is 14.3 Å². The SMILES string of the molecule is COc1cc(CNc2cccc(-c3cn[nH]n3)c2)ccc1OC(C)=O. The zero-order valence-corrected chi connectivity index (χ0v) is 13.9. The highest BCUT2D eigenvalue weighted by Gasteiger charge is 2.08. The van der Waals surface area contributed by atoms with E-state index in [2.05, 4.69) is 20.7 Å². The van der Waals surface area contributed by atoms with Gasteiger partial charge in [0.2, 0.25) is 0 Å². The molecule has 3 rings (SSSR count). The van der Waals surface area contributed by atoms with Gasteiger partial charge in [0, 0.05) is 24.7 Å². The molecule has 0 atom stereocenters. The van der Waals surface area contributed by atoms with Crippen LogP contribution in [0.3, 0.4) is 0 Å². The lowest BCUT2D eigenvalue weighted by Crippen LogP contribution is -2.04. The number of benzene rings is 2. The van der Waals surface area contributed by atoms with E-state index < -0.39 is 0 Å². The number of hydrogen-bond donors (Lipinski definition) is 2. The number of rotatable bonds is 6. The minimum atomic E-state index is -0.381. The molecule has 3 aromatic rings. The summed E-state index contributed by atoms with van der Waals surface area (Å²) in [5, 5.41) is 13.9. The van der Waals surface area contributed by atoms with Gasteiger partial charge in [-0.1, -0.05) is 18.2 Å². The molecule has 0 amide bonds. The molecular weight excluding hydrogens is 320 g/mol. The molecular formula is C18H18N4O3. The maximum Gasteiger partial charge on any atom is 0.308 e. The van der Waals surface area contributed by atoms with E-state index in [1.54, 1.807) is 19.4 Å². The number of hydrogen-bond acceptors (Lipinski definition) is 6. The van der Waals surface area contributed by atoms with Gasteiger partial charge in [-0.25, -0.2) is 0 Å². The van der Waals surface area contributed by atoms with Crippen molar-refractivity contribution in [1.82, 2.24) is 15.4 Å². The number of methoxy groups -OCH3 is 1. The first-order chi connectivity index (χ1) is 12.2. The van der Waals surface area contributed by atoms with Crippen LogP contribution in [-0.2, 0) is 11.3 Å². The summed E-state index contributed by atoms with van der Waals surface area (Å²) in [7, 11) is 1.54. The number of nitrogens with one attached hydrogen (secondary N) is 2. The maximum absolute atomic E-state index is 11.1. The van der Waals surface area contributed by atoms with E-state index in [9.17, 15) is 4.79 Å². The normalized spacial score (nSPS) is 10.3. The molecule has 0 saturated heterocycles. The molecule has 0 fully saturated rings. The smallest absolute Gasteiger partial charge is 0.308 e. The van der Waals surface area contributed by atoms with Crippen molar-refractivity contribution in [3.8, 4) is 22.8 Å². The largest absolute Gasteiger partial charge is 0.493 e. The minimum Gasteiger partial charge on any atom is -0.493 e. The Morgan fingerprint density at radius 2 is 2.08 bits per heavy atom. The van der Waals surface area contributed by atoms with Crippen molar-refractivity contribution in [3.63, 3.8) is 0 Å². The number of H-pyrrole nitrogens is 1. The fourth-order valence-electron chi connectivity index (χ4n) is 2.39. The average molecular weight is 338 g/mol. The fraction of sp³-hybridized carbons (Fsp3) is 0.167. The Morgan fingerprint density at radius 3 is 2.80 bits per heavy atom. The van der Waals surface area contributed by atoms with Gasteiger partial charge in [-0.15, -0.1) is 0 Å². The van der Waals surface area contributed by atoms with E-state index in [1.807, 2.05) is 36.4 Å². The Bertz CT molecular complexity index is 863. The molecule has 2 N–H and O–H groups in total. The first-order valence-corrected chi connectivity index (χ1v) is 7.71. The Hall–Kier alpha value is -3.35. The summed E-state index contributed by atoms with van der Waals surface area (Å²) >= 11 is 0. The van der Waals surface area contributed by atoms with Crippen LogP contribution < -0.4 is 14.8 Å². The summed E-state index contributed by atoms with van der Waals surface area (Å²) in [5.74, 6) is 0.548. The molecule has 128 valence electrons. The van der Waals surface area contributed by atoms with Crippen LogP contribution in [0.15, 0.2) is 48.7 Å². The van der Waals surface area contributed by atoms with Crippen LogP contribution in [0.5, 0.6) is 11.5 Å². The van der Waals surface area contributed by atoms with E-state index >= 15 is 0 Å². The number of aromatic amines is 1. The van der Waals surface area contributed by atoms with E-state index in [4.69, 9.17) is 9.47 Å². The first-order valence-electron chi connectivity index (χ1n) is 7.71. The molecule has 0 spiro atoms. The third kappa shape index (κ3) is 4.14. The fourth-order valence-corrected chi connectivity index (χ4v) is 2.39. The summed E-state index contributed by atoms with van der Waals surface area (Å²) in [4.78, 5) is 11.1. The number of carbonyl (C=O) groups is 1. The molecule has 7 heteroatoms. The maximum atomic E-state index is 11.1. The third-order valence-corrected chi connectivity index (χ3v) is 3.55. The van der Waals surface area contributed by atoms with Gasteiger partial charge in [-0.3, -0.25) is 4.79 Å². The monoisotopic (exact) mass is 338 g/mol. The molecule has 0 aliphatic rings. The second kappa shape index (κ2) is 7.48. The topological polar surface area (TPSA) is 89.1 Å². The number of carbonyl (C=O) groups excluding carboxylic acids is 1. The quantitative estimate of drug-likeness (QED) is 0.530. The van der Waals surface area contributed by atoms with E-state index in [0.717, 1.165) is 22.5 Å². The summed E-state index contributed by atoms with van der Waals surface area (Å²) < 4.78 is 10.4. The molecule has 0 unspecified atom stereocenters. The predicted molar refractivity (Wildman–Crippen MR) is 93.4 cm³/mol. The molecule has 2 aromatic carbocycles. The highest BCUT2D eigenvalue weighted by atomic mass is 16.6. The summed E-state index contributed by atoms with van der Waals surface area (Å²) in [6.07, 6.45) is 1.68. The summed E-state index contributed by atoms with van der Waals surface area (Å²) in [6, 6.07) is 13.4. The Kier molecular flexibility index (Phi) is 4.94. The molecule has 1 heterocycles. The third-order valence-electron chi connectivity index (χ3n) is 3.55.